The van der Waals surface area contributed by atoms with Gasteiger partial charge >= 0.3 is 0 Å². The molecule has 158 valence electrons. The standard InChI is InChI=1S/C24H28N2O3S/c1-18(27)25-22-23(29)26(24(22)30-17-20-14-8-3-9-15-20)21(28)16-10-4-7-13-19-11-5-2-6-12-19/h2-3,5-6,8-9,11-12,14-15,22,24H,4,7,10,13,16-17H2,1H3,(H,25,27). The van der Waals surface area contributed by atoms with Crippen LogP contribution in [-0.4, -0.2) is 34.0 Å². The molecule has 1 aliphatic rings. The molecule has 6 heteroatoms. The molecule has 0 aliphatic carbocycles. The molecule has 5 nitrogen and oxygen atoms in total. The fraction of sp³-hybridized carbons (Fsp3) is 0.375. The Labute approximate surface area is 182 Å². The van der Waals surface area contributed by atoms with E-state index < -0.39 is 6.04 Å². The van der Waals surface area contributed by atoms with Crippen LogP contribution in [-0.2, 0) is 26.6 Å². The molecule has 1 fully saturated rings. The van der Waals surface area contributed by atoms with Crippen LogP contribution in [0.5, 0.6) is 0 Å². The number of carbonyl (C=O) groups is 3. The Balaban J connectivity index is 1.49. The Morgan fingerprint density at radius 2 is 1.57 bits per heavy atom. The lowest BCUT2D eigenvalue weighted by atomic mass is 10.0. The third kappa shape index (κ3) is 5.95. The van der Waals surface area contributed by atoms with E-state index in [2.05, 4.69) is 17.4 Å². The number of nitrogens with zero attached hydrogens (tertiary/aromatic N) is 1. The molecule has 30 heavy (non-hydrogen) atoms. The molecule has 0 spiro atoms. The second-order valence-corrected chi connectivity index (χ2v) is 8.62. The molecular weight excluding hydrogens is 396 g/mol. The highest BCUT2D eigenvalue weighted by atomic mass is 32.2. The van der Waals surface area contributed by atoms with E-state index in [4.69, 9.17) is 0 Å². The first-order chi connectivity index (χ1) is 14.6. The Morgan fingerprint density at radius 3 is 2.20 bits per heavy atom. The molecule has 2 atom stereocenters. The van der Waals surface area contributed by atoms with Gasteiger partial charge in [-0.2, -0.15) is 0 Å². The molecule has 3 amide bonds. The van der Waals surface area contributed by atoms with Crippen LogP contribution in [0.15, 0.2) is 60.7 Å². The summed E-state index contributed by atoms with van der Waals surface area (Å²) in [4.78, 5) is 38.0. The zero-order chi connectivity index (χ0) is 21.3. The van der Waals surface area contributed by atoms with Crippen molar-refractivity contribution < 1.29 is 14.4 Å². The van der Waals surface area contributed by atoms with E-state index in [1.807, 2.05) is 48.5 Å². The van der Waals surface area contributed by atoms with Crippen molar-refractivity contribution in [2.24, 2.45) is 0 Å². The van der Waals surface area contributed by atoms with Crippen molar-refractivity contribution in [1.29, 1.82) is 0 Å². The van der Waals surface area contributed by atoms with Crippen molar-refractivity contribution in [3.8, 4) is 0 Å². The molecule has 1 heterocycles. The Bertz CT molecular complexity index is 857. The quantitative estimate of drug-likeness (QED) is 0.464. The van der Waals surface area contributed by atoms with Gasteiger partial charge in [-0.05, 0) is 30.4 Å². The lowest BCUT2D eigenvalue weighted by Crippen LogP contribution is -2.70. The molecule has 1 N–H and O–H groups in total. The maximum absolute atomic E-state index is 12.7. The van der Waals surface area contributed by atoms with Crippen molar-refractivity contribution in [3.05, 3.63) is 71.8 Å². The van der Waals surface area contributed by atoms with Gasteiger partial charge in [-0.1, -0.05) is 67.1 Å². The molecule has 1 aliphatic heterocycles. The van der Waals surface area contributed by atoms with Crippen molar-refractivity contribution in [3.63, 3.8) is 0 Å². The van der Waals surface area contributed by atoms with Crippen LogP contribution in [0.2, 0.25) is 0 Å². The fourth-order valence-electron chi connectivity index (χ4n) is 3.55. The average molecular weight is 425 g/mol. The number of thioether (sulfide) groups is 1. The maximum atomic E-state index is 12.7. The first kappa shape index (κ1) is 22.1. The summed E-state index contributed by atoms with van der Waals surface area (Å²) >= 11 is 1.52. The number of hydrogen-bond donors (Lipinski definition) is 1. The van der Waals surface area contributed by atoms with Crippen LogP contribution in [0.3, 0.4) is 0 Å². The smallest absolute Gasteiger partial charge is 0.255 e. The lowest BCUT2D eigenvalue weighted by Gasteiger charge is -2.45. The predicted molar refractivity (Wildman–Crippen MR) is 120 cm³/mol. The molecule has 0 saturated carbocycles. The zero-order valence-corrected chi connectivity index (χ0v) is 18.1. The van der Waals surface area contributed by atoms with Crippen molar-refractivity contribution in [2.75, 3.05) is 0 Å². The van der Waals surface area contributed by atoms with Gasteiger partial charge in [0.1, 0.15) is 11.4 Å². The van der Waals surface area contributed by atoms with E-state index in [0.29, 0.717) is 12.2 Å². The van der Waals surface area contributed by atoms with Crippen LogP contribution in [0.25, 0.3) is 0 Å². The number of benzene rings is 2. The van der Waals surface area contributed by atoms with Crippen molar-refractivity contribution in [2.45, 2.75) is 56.2 Å². The Morgan fingerprint density at radius 1 is 0.933 bits per heavy atom. The lowest BCUT2D eigenvalue weighted by molar-refractivity contribution is -0.158. The minimum Gasteiger partial charge on any atom is -0.342 e. The minimum atomic E-state index is -0.627. The number of rotatable bonds is 10. The number of carbonyl (C=O) groups excluding carboxylic acids is 3. The molecule has 1 saturated heterocycles. The second-order valence-electron chi connectivity index (χ2n) is 7.51. The van der Waals surface area contributed by atoms with E-state index >= 15 is 0 Å². The summed E-state index contributed by atoms with van der Waals surface area (Å²) in [5.41, 5.74) is 2.43. The van der Waals surface area contributed by atoms with E-state index in [-0.39, 0.29) is 23.1 Å². The number of β-lactam (4-membered cyclic amide) rings is 1. The second kappa shape index (κ2) is 11.0. The number of imide groups is 1. The summed E-state index contributed by atoms with van der Waals surface area (Å²) < 4.78 is 0. The highest BCUT2D eigenvalue weighted by molar-refractivity contribution is 7.99. The van der Waals surface area contributed by atoms with E-state index in [1.54, 1.807) is 0 Å². The molecule has 3 rings (SSSR count). The monoisotopic (exact) mass is 424 g/mol. The molecule has 0 radical (unpaired) electrons. The summed E-state index contributed by atoms with van der Waals surface area (Å²) in [6.45, 7) is 1.39. The van der Waals surface area contributed by atoms with Gasteiger partial charge in [-0.15, -0.1) is 11.8 Å². The first-order valence-electron chi connectivity index (χ1n) is 10.4. The number of amides is 3. The predicted octanol–water partition coefficient (Wildman–Crippen LogP) is 3.92. The van der Waals surface area contributed by atoms with Crippen LogP contribution in [0.1, 0.15) is 43.7 Å². The molecule has 2 aromatic rings. The van der Waals surface area contributed by atoms with Crippen molar-refractivity contribution >= 4 is 29.5 Å². The fourth-order valence-corrected chi connectivity index (χ4v) is 4.86. The molecular formula is C24H28N2O3S. The third-order valence-electron chi connectivity index (χ3n) is 5.13. The van der Waals surface area contributed by atoms with Gasteiger partial charge in [-0.25, -0.2) is 0 Å². The highest BCUT2D eigenvalue weighted by Crippen LogP contribution is 2.33. The summed E-state index contributed by atoms with van der Waals surface area (Å²) in [5.74, 6) is -0.0287. The topological polar surface area (TPSA) is 66.5 Å². The molecule has 0 bridgehead atoms. The van der Waals surface area contributed by atoms with Gasteiger partial charge in [0.2, 0.25) is 11.8 Å². The number of unbranched alkanes of at least 4 members (excludes halogenated alkanes) is 2. The summed E-state index contributed by atoms with van der Waals surface area (Å²) in [6, 6.07) is 19.6. The number of nitrogens with one attached hydrogen (secondary N) is 1. The van der Waals surface area contributed by atoms with E-state index in [9.17, 15) is 14.4 Å². The first-order valence-corrected chi connectivity index (χ1v) is 11.4. The van der Waals surface area contributed by atoms with Crippen LogP contribution in [0, 0.1) is 0 Å². The van der Waals surface area contributed by atoms with E-state index in [0.717, 1.165) is 31.2 Å². The maximum Gasteiger partial charge on any atom is 0.255 e. The van der Waals surface area contributed by atoms with E-state index in [1.165, 1.54) is 29.1 Å². The molecule has 2 aromatic carbocycles. The molecule has 2 unspecified atom stereocenters. The van der Waals surface area contributed by atoms with Gasteiger partial charge in [0, 0.05) is 19.1 Å². The van der Waals surface area contributed by atoms with Crippen molar-refractivity contribution in [1.82, 2.24) is 10.2 Å². The number of likely N-dealkylation sites (tertiary alicyclic amines) is 1. The van der Waals surface area contributed by atoms with Gasteiger partial charge in [0.15, 0.2) is 0 Å². The normalized spacial score (nSPS) is 18.0. The van der Waals surface area contributed by atoms with Crippen LogP contribution >= 0.6 is 11.8 Å². The SMILES string of the molecule is CC(=O)NC1C(=O)N(C(=O)CCCCCc2ccccc2)C1SCc1ccccc1. The van der Waals surface area contributed by atoms with Gasteiger partial charge in [0.25, 0.3) is 5.91 Å². The highest BCUT2D eigenvalue weighted by Gasteiger charge is 2.51. The van der Waals surface area contributed by atoms with Gasteiger partial charge < -0.3 is 5.32 Å². The van der Waals surface area contributed by atoms with Gasteiger partial charge in [-0.3, -0.25) is 19.3 Å². The van der Waals surface area contributed by atoms with Crippen LogP contribution in [0.4, 0.5) is 0 Å². The Hall–Kier alpha value is -2.60. The number of hydrogen-bond acceptors (Lipinski definition) is 4. The van der Waals surface area contributed by atoms with Crippen LogP contribution < -0.4 is 5.32 Å². The molecule has 0 aromatic heterocycles. The summed E-state index contributed by atoms with van der Waals surface area (Å²) in [5, 5.41) is 2.34. The minimum absolute atomic E-state index is 0.146. The summed E-state index contributed by atoms with van der Waals surface area (Å²) in [6.07, 6.45) is 4.08. The zero-order valence-electron chi connectivity index (χ0n) is 17.3. The Kier molecular flexibility index (Phi) is 8.08. The largest absolute Gasteiger partial charge is 0.342 e. The van der Waals surface area contributed by atoms with Gasteiger partial charge in [0.05, 0.1) is 0 Å². The number of aryl methyl sites for hydroxylation is 1. The summed E-state index contributed by atoms with van der Waals surface area (Å²) in [7, 11) is 0. The third-order valence-corrected chi connectivity index (χ3v) is 6.46. The average Bonchev–Trinajstić information content (AvgIpc) is 2.75.